The zero-order chi connectivity index (χ0) is 27.2. The highest BCUT2D eigenvalue weighted by Gasteiger charge is 2.09. The van der Waals surface area contributed by atoms with Crippen LogP contribution in [-0.4, -0.2) is 26.6 Å². The summed E-state index contributed by atoms with van der Waals surface area (Å²) < 4.78 is 19.2. The number of hydrogen-bond donors (Lipinski definition) is 3. The van der Waals surface area contributed by atoms with Crippen molar-refractivity contribution in [1.29, 1.82) is 0 Å². The number of carbonyl (C=O) groups excluding carboxylic acids is 1. The average molecular weight is 595 g/mol. The maximum atomic E-state index is 13.4. The number of rotatable bonds is 8. The van der Waals surface area contributed by atoms with Gasteiger partial charge in [0.05, 0.1) is 10.5 Å². The predicted molar refractivity (Wildman–Crippen MR) is 160 cm³/mol. The van der Waals surface area contributed by atoms with E-state index in [0.29, 0.717) is 27.8 Å². The average Bonchev–Trinajstić information content (AvgIpc) is 2.96. The molecule has 0 bridgehead atoms. The van der Waals surface area contributed by atoms with Gasteiger partial charge in [0.15, 0.2) is 0 Å². The molecule has 210 valence electrons. The van der Waals surface area contributed by atoms with Crippen molar-refractivity contribution in [2.75, 3.05) is 5.32 Å². The van der Waals surface area contributed by atoms with E-state index in [-0.39, 0.29) is 30.3 Å². The minimum atomic E-state index is -0.596. The summed E-state index contributed by atoms with van der Waals surface area (Å²) in [7, 11) is 0. The third kappa shape index (κ3) is 7.77. The van der Waals surface area contributed by atoms with E-state index in [1.807, 2.05) is 48.5 Å². The molecule has 0 atom stereocenters. The van der Waals surface area contributed by atoms with Gasteiger partial charge in [-0.05, 0) is 70.8 Å². The first-order chi connectivity index (χ1) is 19.0. The quantitative estimate of drug-likeness (QED) is 0.106. The highest BCUT2D eigenvalue weighted by Crippen LogP contribution is 2.32. The molecule has 0 radical (unpaired) electrons. The highest BCUT2D eigenvalue weighted by molar-refractivity contribution is 6.32. The maximum Gasteiger partial charge on any atom is 0.267 e. The lowest BCUT2D eigenvalue weighted by Crippen LogP contribution is -2.14. The van der Waals surface area contributed by atoms with Gasteiger partial charge in [-0.25, -0.2) is 19.8 Å². The summed E-state index contributed by atoms with van der Waals surface area (Å²) in [6, 6.07) is 25.1. The van der Waals surface area contributed by atoms with E-state index >= 15 is 0 Å². The summed E-state index contributed by atoms with van der Waals surface area (Å²) in [6.07, 6.45) is 4.34. The molecule has 8 nitrogen and oxygen atoms in total. The van der Waals surface area contributed by atoms with Crippen molar-refractivity contribution in [3.05, 3.63) is 119 Å². The fraction of sp³-hybridized carbons (Fsp3) is 0.0333. The molecule has 0 fully saturated rings. The molecule has 0 saturated heterocycles. The topological polar surface area (TPSA) is 128 Å². The number of aromatic nitrogens is 2. The Hall–Kier alpha value is -4.54. The summed E-state index contributed by atoms with van der Waals surface area (Å²) in [4.78, 5) is 20.0. The molecule has 41 heavy (non-hydrogen) atoms. The van der Waals surface area contributed by atoms with Crippen LogP contribution in [0.1, 0.15) is 11.1 Å². The smallest absolute Gasteiger partial charge is 0.267 e. The van der Waals surface area contributed by atoms with E-state index in [4.69, 9.17) is 21.5 Å². The summed E-state index contributed by atoms with van der Waals surface area (Å²) in [5.74, 6) is 0.180. The molecule has 0 aliphatic heterocycles. The molecule has 5 aromatic rings. The zero-order valence-corrected chi connectivity index (χ0v) is 22.9. The summed E-state index contributed by atoms with van der Waals surface area (Å²) in [5, 5.41) is 13.1. The summed E-state index contributed by atoms with van der Waals surface area (Å²) in [5.41, 5.74) is 6.50. The van der Waals surface area contributed by atoms with Crippen molar-refractivity contribution in [2.24, 2.45) is 0 Å². The van der Waals surface area contributed by atoms with Crippen LogP contribution in [0.3, 0.4) is 0 Å². The predicted octanol–water partition coefficient (Wildman–Crippen LogP) is 6.53. The minimum Gasteiger partial charge on any atom is -0.487 e. The Morgan fingerprint density at radius 3 is 2.49 bits per heavy atom. The number of benzene rings is 4. The van der Waals surface area contributed by atoms with Crippen LogP contribution in [0.15, 0.2) is 97.3 Å². The van der Waals surface area contributed by atoms with Crippen molar-refractivity contribution >= 4 is 58.4 Å². The Balaban J connectivity index is 0.00000231. The van der Waals surface area contributed by atoms with Crippen LogP contribution in [0, 0.1) is 5.82 Å². The fourth-order valence-electron chi connectivity index (χ4n) is 3.95. The van der Waals surface area contributed by atoms with Gasteiger partial charge in [0, 0.05) is 17.1 Å². The highest BCUT2D eigenvalue weighted by atomic mass is 35.5. The minimum absolute atomic E-state index is 0. The largest absolute Gasteiger partial charge is 0.487 e. The SMILES string of the molecule is Cl.O.O=C(C=Cc1ccc(-c2ccc3ncnc(Nc4ccc(OCc5cccc(F)c5)c(Cl)c4)c3c2)cc1)NO. The number of anilines is 2. The van der Waals surface area contributed by atoms with Crippen LogP contribution in [0.5, 0.6) is 5.75 Å². The Labute approximate surface area is 246 Å². The number of nitrogens with one attached hydrogen (secondary N) is 2. The van der Waals surface area contributed by atoms with Crippen molar-refractivity contribution in [1.82, 2.24) is 15.4 Å². The molecule has 11 heteroatoms. The van der Waals surface area contributed by atoms with Gasteiger partial charge in [0.25, 0.3) is 5.91 Å². The van der Waals surface area contributed by atoms with E-state index in [1.54, 1.807) is 35.8 Å². The Morgan fingerprint density at radius 2 is 1.76 bits per heavy atom. The molecule has 1 heterocycles. The van der Waals surface area contributed by atoms with Crippen molar-refractivity contribution in [2.45, 2.75) is 6.61 Å². The number of halogens is 3. The molecule has 0 aliphatic carbocycles. The van der Waals surface area contributed by atoms with Crippen LogP contribution in [0.2, 0.25) is 5.02 Å². The Kier molecular flexibility index (Phi) is 10.7. The lowest BCUT2D eigenvalue weighted by Gasteiger charge is -2.12. The first-order valence-electron chi connectivity index (χ1n) is 11.9. The van der Waals surface area contributed by atoms with Crippen molar-refractivity contribution < 1.29 is 24.6 Å². The van der Waals surface area contributed by atoms with Crippen LogP contribution < -0.4 is 15.5 Å². The molecule has 1 aromatic heterocycles. The van der Waals surface area contributed by atoms with Crippen molar-refractivity contribution in [3.63, 3.8) is 0 Å². The number of carbonyl (C=O) groups is 1. The normalized spacial score (nSPS) is 10.5. The van der Waals surface area contributed by atoms with Gasteiger partial charge >= 0.3 is 0 Å². The third-order valence-electron chi connectivity index (χ3n) is 5.89. The molecular weight excluding hydrogens is 570 g/mol. The first kappa shape index (κ1) is 31.0. The van der Waals surface area contributed by atoms with Crippen molar-refractivity contribution in [3.8, 4) is 16.9 Å². The van der Waals surface area contributed by atoms with Crippen LogP contribution >= 0.6 is 24.0 Å². The van der Waals surface area contributed by atoms with Gasteiger partial charge in [0.2, 0.25) is 0 Å². The number of hydrogen-bond acceptors (Lipinski definition) is 6. The van der Waals surface area contributed by atoms with Crippen LogP contribution in [0.25, 0.3) is 28.1 Å². The zero-order valence-electron chi connectivity index (χ0n) is 21.3. The Morgan fingerprint density at radius 1 is 0.976 bits per heavy atom. The third-order valence-corrected chi connectivity index (χ3v) is 6.19. The lowest BCUT2D eigenvalue weighted by atomic mass is 10.0. The molecule has 1 amide bonds. The monoisotopic (exact) mass is 594 g/mol. The standard InChI is InChI=1S/C30H22ClFN4O3.ClH.H2O/c31-26-16-24(10-12-28(26)39-17-20-2-1-3-23(32)14-20)35-30-25-15-22(9-11-27(25)33-18-34-30)21-7-4-19(5-8-21)6-13-29(37)36-38;;/h1-16,18,38H,17H2,(H,36,37)(H,33,34,35);1H;1H2. The van der Waals surface area contributed by atoms with Gasteiger partial charge < -0.3 is 15.5 Å². The lowest BCUT2D eigenvalue weighted by molar-refractivity contribution is -0.124. The molecule has 4 aromatic carbocycles. The van der Waals surface area contributed by atoms with Gasteiger partial charge in [0.1, 0.15) is 30.3 Å². The number of hydroxylamine groups is 1. The summed E-state index contributed by atoms with van der Waals surface area (Å²) >= 11 is 6.47. The van der Waals surface area contributed by atoms with E-state index in [9.17, 15) is 9.18 Å². The molecule has 0 aliphatic rings. The Bertz CT molecular complexity index is 1680. The maximum absolute atomic E-state index is 13.4. The van der Waals surface area contributed by atoms with Crippen LogP contribution in [-0.2, 0) is 11.4 Å². The van der Waals surface area contributed by atoms with E-state index in [0.717, 1.165) is 27.6 Å². The second kappa shape index (κ2) is 14.2. The number of amides is 1. The molecule has 0 spiro atoms. The number of fused-ring (bicyclic) bond motifs is 1. The van der Waals surface area contributed by atoms with E-state index < -0.39 is 5.91 Å². The van der Waals surface area contributed by atoms with Gasteiger partial charge in [-0.3, -0.25) is 10.0 Å². The molecule has 5 N–H and O–H groups in total. The molecule has 0 saturated carbocycles. The second-order valence-electron chi connectivity index (χ2n) is 8.57. The number of nitrogens with zero attached hydrogens (tertiary/aromatic N) is 2. The van der Waals surface area contributed by atoms with Gasteiger partial charge in [-0.2, -0.15) is 0 Å². The number of ether oxygens (including phenoxy) is 1. The van der Waals surface area contributed by atoms with E-state index in [1.165, 1.54) is 24.5 Å². The van der Waals surface area contributed by atoms with Gasteiger partial charge in [-0.1, -0.05) is 54.1 Å². The first-order valence-corrected chi connectivity index (χ1v) is 12.3. The fourth-order valence-corrected chi connectivity index (χ4v) is 4.19. The molecule has 5 rings (SSSR count). The molecule has 0 unspecified atom stereocenters. The van der Waals surface area contributed by atoms with E-state index in [2.05, 4.69) is 15.3 Å². The summed E-state index contributed by atoms with van der Waals surface area (Å²) in [6.45, 7) is 0.193. The molecular formula is C30H25Cl2FN4O4. The van der Waals surface area contributed by atoms with Gasteiger partial charge in [-0.15, -0.1) is 12.4 Å². The van der Waals surface area contributed by atoms with Crippen LogP contribution in [0.4, 0.5) is 15.9 Å². The second-order valence-corrected chi connectivity index (χ2v) is 8.98.